The van der Waals surface area contributed by atoms with Gasteiger partial charge in [0.25, 0.3) is 0 Å². The summed E-state index contributed by atoms with van der Waals surface area (Å²) < 4.78 is 5.68. The summed E-state index contributed by atoms with van der Waals surface area (Å²) >= 11 is 0. The van der Waals surface area contributed by atoms with Gasteiger partial charge in [0.1, 0.15) is 6.10 Å². The molecule has 1 aliphatic rings. The number of ether oxygens (including phenoxy) is 1. The summed E-state index contributed by atoms with van der Waals surface area (Å²) in [6.45, 7) is 7.06. The third kappa shape index (κ3) is 3.12. The summed E-state index contributed by atoms with van der Waals surface area (Å²) in [6, 6.07) is 5.82. The number of carbonyl (C=O) groups excluding carboxylic acids is 1. The molecular weight excluding hydrogens is 230 g/mol. The van der Waals surface area contributed by atoms with Crippen molar-refractivity contribution in [3.63, 3.8) is 0 Å². The first-order chi connectivity index (χ1) is 8.54. The molecule has 2 amide bonds. The van der Waals surface area contributed by atoms with E-state index in [2.05, 4.69) is 10.3 Å². The van der Waals surface area contributed by atoms with E-state index in [1.165, 1.54) is 0 Å². The number of aryl methyl sites for hydroxylation is 1. The van der Waals surface area contributed by atoms with Crippen molar-refractivity contribution in [2.24, 2.45) is 0 Å². The summed E-state index contributed by atoms with van der Waals surface area (Å²) in [5, 5.41) is 2.85. The molecule has 1 fully saturated rings. The lowest BCUT2D eigenvalue weighted by atomic mass is 10.2. The van der Waals surface area contributed by atoms with Crippen LogP contribution in [-0.4, -0.2) is 41.2 Å². The summed E-state index contributed by atoms with van der Waals surface area (Å²) in [5.41, 5.74) is 0.932. The number of aromatic nitrogens is 1. The van der Waals surface area contributed by atoms with E-state index in [1.54, 1.807) is 4.90 Å². The Bertz CT molecular complexity index is 428. The minimum Gasteiger partial charge on any atom is -0.471 e. The quantitative estimate of drug-likeness (QED) is 0.884. The second kappa shape index (κ2) is 5.25. The molecule has 0 aromatic carbocycles. The van der Waals surface area contributed by atoms with Gasteiger partial charge in [-0.1, -0.05) is 6.07 Å². The minimum absolute atomic E-state index is 0.0259. The van der Waals surface area contributed by atoms with Gasteiger partial charge >= 0.3 is 6.03 Å². The Hall–Kier alpha value is -1.78. The van der Waals surface area contributed by atoms with Crippen molar-refractivity contribution >= 4 is 6.03 Å². The zero-order valence-corrected chi connectivity index (χ0v) is 11.0. The van der Waals surface area contributed by atoms with Gasteiger partial charge in [0.2, 0.25) is 5.88 Å². The maximum atomic E-state index is 11.6. The lowest BCUT2D eigenvalue weighted by Crippen LogP contribution is -2.59. The topological polar surface area (TPSA) is 54.5 Å². The van der Waals surface area contributed by atoms with Crippen LogP contribution in [0.5, 0.6) is 5.88 Å². The molecule has 0 aliphatic carbocycles. The van der Waals surface area contributed by atoms with Gasteiger partial charge in [-0.3, -0.25) is 0 Å². The molecule has 0 unspecified atom stereocenters. The highest BCUT2D eigenvalue weighted by atomic mass is 16.5. The number of hydrogen-bond donors (Lipinski definition) is 1. The molecule has 2 heterocycles. The van der Waals surface area contributed by atoms with E-state index < -0.39 is 0 Å². The van der Waals surface area contributed by atoms with E-state index in [0.29, 0.717) is 19.0 Å². The van der Waals surface area contributed by atoms with Gasteiger partial charge < -0.3 is 15.0 Å². The van der Waals surface area contributed by atoms with E-state index in [9.17, 15) is 4.79 Å². The van der Waals surface area contributed by atoms with Crippen LogP contribution in [0.2, 0.25) is 0 Å². The molecule has 1 aliphatic heterocycles. The van der Waals surface area contributed by atoms with E-state index in [-0.39, 0.29) is 18.2 Å². The molecule has 2 rings (SSSR count). The van der Waals surface area contributed by atoms with Crippen molar-refractivity contribution in [3.8, 4) is 5.88 Å². The summed E-state index contributed by atoms with van der Waals surface area (Å²) in [6.07, 6.45) is 0.0530. The van der Waals surface area contributed by atoms with Crippen molar-refractivity contribution in [3.05, 3.63) is 23.9 Å². The Balaban J connectivity index is 1.78. The van der Waals surface area contributed by atoms with Crippen molar-refractivity contribution in [1.29, 1.82) is 0 Å². The first-order valence-corrected chi connectivity index (χ1v) is 6.20. The normalized spacial score (nSPS) is 15.4. The standard InChI is InChI=1S/C13H19N3O2/c1-9(2)14-13(17)16-7-11(8-16)18-12-6-4-5-10(3)15-12/h4-6,9,11H,7-8H2,1-3H3,(H,14,17). The fourth-order valence-electron chi connectivity index (χ4n) is 1.77. The molecule has 0 bridgehead atoms. The van der Waals surface area contributed by atoms with Gasteiger partial charge in [0.05, 0.1) is 13.1 Å². The number of hydrogen-bond acceptors (Lipinski definition) is 3. The predicted octanol–water partition coefficient (Wildman–Crippen LogP) is 1.57. The molecule has 1 N–H and O–H groups in total. The van der Waals surface area contributed by atoms with Crippen LogP contribution in [0.3, 0.4) is 0 Å². The van der Waals surface area contributed by atoms with Crippen molar-refractivity contribution < 1.29 is 9.53 Å². The molecule has 5 heteroatoms. The molecule has 0 atom stereocenters. The van der Waals surface area contributed by atoms with Gasteiger partial charge in [-0.25, -0.2) is 9.78 Å². The number of carbonyl (C=O) groups is 1. The molecule has 0 saturated carbocycles. The summed E-state index contributed by atoms with van der Waals surface area (Å²) in [5.74, 6) is 0.629. The maximum Gasteiger partial charge on any atom is 0.317 e. The van der Waals surface area contributed by atoms with E-state index in [1.807, 2.05) is 39.0 Å². The average Bonchev–Trinajstić information content (AvgIpc) is 2.21. The highest BCUT2D eigenvalue weighted by Crippen LogP contribution is 2.16. The Kier molecular flexibility index (Phi) is 3.69. The van der Waals surface area contributed by atoms with Crippen molar-refractivity contribution in [1.82, 2.24) is 15.2 Å². The second-order valence-corrected chi connectivity index (χ2v) is 4.87. The number of pyridine rings is 1. The number of amides is 2. The third-order valence-corrected chi connectivity index (χ3v) is 2.70. The molecule has 0 radical (unpaired) electrons. The zero-order valence-electron chi connectivity index (χ0n) is 11.0. The minimum atomic E-state index is -0.0259. The molecule has 0 spiro atoms. The van der Waals surface area contributed by atoms with E-state index in [4.69, 9.17) is 4.74 Å². The van der Waals surface area contributed by atoms with Crippen LogP contribution in [0.25, 0.3) is 0 Å². The monoisotopic (exact) mass is 249 g/mol. The Morgan fingerprint density at radius 2 is 2.22 bits per heavy atom. The van der Waals surface area contributed by atoms with Crippen LogP contribution in [-0.2, 0) is 0 Å². The number of nitrogens with zero attached hydrogens (tertiary/aromatic N) is 2. The lowest BCUT2D eigenvalue weighted by molar-refractivity contribution is 0.0407. The fraction of sp³-hybridized carbons (Fsp3) is 0.538. The average molecular weight is 249 g/mol. The third-order valence-electron chi connectivity index (χ3n) is 2.70. The van der Waals surface area contributed by atoms with Crippen LogP contribution in [0.4, 0.5) is 4.79 Å². The fourth-order valence-corrected chi connectivity index (χ4v) is 1.77. The van der Waals surface area contributed by atoms with Gasteiger partial charge in [0.15, 0.2) is 0 Å². The Morgan fingerprint density at radius 3 is 2.83 bits per heavy atom. The van der Waals surface area contributed by atoms with Gasteiger partial charge in [-0.2, -0.15) is 0 Å². The van der Waals surface area contributed by atoms with Crippen LogP contribution in [0.15, 0.2) is 18.2 Å². The Morgan fingerprint density at radius 1 is 1.50 bits per heavy atom. The number of rotatable bonds is 3. The highest BCUT2D eigenvalue weighted by molar-refractivity contribution is 5.75. The van der Waals surface area contributed by atoms with Gasteiger partial charge in [-0.15, -0.1) is 0 Å². The highest BCUT2D eigenvalue weighted by Gasteiger charge is 2.32. The number of nitrogens with one attached hydrogen (secondary N) is 1. The predicted molar refractivity (Wildman–Crippen MR) is 68.6 cm³/mol. The van der Waals surface area contributed by atoms with Crippen molar-refractivity contribution in [2.75, 3.05) is 13.1 Å². The molecule has 18 heavy (non-hydrogen) atoms. The van der Waals surface area contributed by atoms with Crippen molar-refractivity contribution in [2.45, 2.75) is 32.9 Å². The number of likely N-dealkylation sites (tertiary alicyclic amines) is 1. The lowest BCUT2D eigenvalue weighted by Gasteiger charge is -2.38. The van der Waals surface area contributed by atoms with Gasteiger partial charge in [-0.05, 0) is 26.8 Å². The second-order valence-electron chi connectivity index (χ2n) is 4.87. The van der Waals surface area contributed by atoms with Gasteiger partial charge in [0, 0.05) is 17.8 Å². The Labute approximate surface area is 107 Å². The van der Waals surface area contributed by atoms with E-state index in [0.717, 1.165) is 5.69 Å². The molecular formula is C13H19N3O2. The van der Waals surface area contributed by atoms with Crippen LogP contribution in [0.1, 0.15) is 19.5 Å². The molecule has 98 valence electrons. The first kappa shape index (κ1) is 12.7. The largest absolute Gasteiger partial charge is 0.471 e. The number of urea groups is 1. The molecule has 5 nitrogen and oxygen atoms in total. The van der Waals surface area contributed by atoms with Crippen LogP contribution >= 0.6 is 0 Å². The molecule has 1 saturated heterocycles. The first-order valence-electron chi connectivity index (χ1n) is 6.20. The molecule has 1 aromatic rings. The maximum absolute atomic E-state index is 11.6. The smallest absolute Gasteiger partial charge is 0.317 e. The zero-order chi connectivity index (χ0) is 13.1. The SMILES string of the molecule is Cc1cccc(OC2CN(C(=O)NC(C)C)C2)n1. The molecule has 1 aromatic heterocycles. The summed E-state index contributed by atoms with van der Waals surface area (Å²) in [7, 11) is 0. The van der Waals surface area contributed by atoms with E-state index >= 15 is 0 Å². The van der Waals surface area contributed by atoms with Crippen LogP contribution < -0.4 is 10.1 Å². The van der Waals surface area contributed by atoms with Crippen LogP contribution in [0, 0.1) is 6.92 Å². The summed E-state index contributed by atoms with van der Waals surface area (Å²) in [4.78, 5) is 17.6.